The van der Waals surface area contributed by atoms with Crippen LogP contribution in [0.5, 0.6) is 0 Å². The van der Waals surface area contributed by atoms with Gasteiger partial charge in [-0.05, 0) is 69.4 Å². The van der Waals surface area contributed by atoms with Crippen LogP contribution in [0.25, 0.3) is 11.2 Å². The first kappa shape index (κ1) is 36.7. The van der Waals surface area contributed by atoms with E-state index in [4.69, 9.17) is 15.0 Å². The number of likely N-dealkylation sites (tertiary alicyclic amines) is 2. The zero-order valence-corrected chi connectivity index (χ0v) is 30.2. The van der Waals surface area contributed by atoms with Gasteiger partial charge in [0.2, 0.25) is 5.95 Å². The Labute approximate surface area is 310 Å². The number of aliphatic hydroxyl groups excluding tert-OH is 2. The highest BCUT2D eigenvalue weighted by atomic mass is 16.3. The zero-order chi connectivity index (χ0) is 36.6. The Morgan fingerprint density at radius 3 is 1.98 bits per heavy atom. The van der Waals surface area contributed by atoms with Gasteiger partial charge in [0, 0.05) is 26.2 Å². The number of nitrogens with one attached hydrogen (secondary N) is 4. The van der Waals surface area contributed by atoms with Crippen LogP contribution < -0.4 is 21.3 Å². The molecule has 2 aromatic heterocycles. The lowest BCUT2D eigenvalue weighted by Gasteiger charge is -2.26. The number of carbonyl (C=O) groups excluding carboxylic acids is 2. The predicted molar refractivity (Wildman–Crippen MR) is 203 cm³/mol. The average molecular weight is 725 g/mol. The number of hydrogen-bond donors (Lipinski definition) is 6. The van der Waals surface area contributed by atoms with Gasteiger partial charge in [-0.1, -0.05) is 73.5 Å². The van der Waals surface area contributed by atoms with Crippen molar-refractivity contribution in [3.05, 3.63) is 78.1 Å². The van der Waals surface area contributed by atoms with Gasteiger partial charge in [-0.3, -0.25) is 9.59 Å². The summed E-state index contributed by atoms with van der Waals surface area (Å²) in [4.78, 5) is 44.8. The van der Waals surface area contributed by atoms with Crippen molar-refractivity contribution >= 4 is 34.7 Å². The van der Waals surface area contributed by atoms with E-state index in [9.17, 15) is 19.8 Å². The van der Waals surface area contributed by atoms with Gasteiger partial charge in [-0.25, -0.2) is 4.98 Å². The quantitative estimate of drug-likeness (QED) is 0.112. The van der Waals surface area contributed by atoms with Crippen LogP contribution in [0, 0.1) is 0 Å². The summed E-state index contributed by atoms with van der Waals surface area (Å²) < 4.78 is 1.75. The fourth-order valence-electron chi connectivity index (χ4n) is 7.89. The monoisotopic (exact) mass is 724 g/mol. The molecule has 282 valence electrons. The first-order valence-electron chi connectivity index (χ1n) is 19.2. The number of fused-ring (bicyclic) bond motifs is 1. The number of amides is 2. The molecule has 2 saturated heterocycles. The van der Waals surface area contributed by atoms with Crippen LogP contribution in [0.15, 0.2) is 67.0 Å². The van der Waals surface area contributed by atoms with Gasteiger partial charge < -0.3 is 45.8 Å². The lowest BCUT2D eigenvalue weighted by Crippen LogP contribution is -2.49. The number of imidazole rings is 1. The highest BCUT2D eigenvalue weighted by Gasteiger charge is 2.44. The van der Waals surface area contributed by atoms with Gasteiger partial charge in [0.25, 0.3) is 0 Å². The van der Waals surface area contributed by atoms with E-state index in [0.717, 1.165) is 56.7 Å². The first-order valence-corrected chi connectivity index (χ1v) is 19.2. The van der Waals surface area contributed by atoms with Crippen molar-refractivity contribution in [2.24, 2.45) is 0 Å². The Morgan fingerprint density at radius 2 is 1.36 bits per heavy atom. The molecule has 7 rings (SSSR count). The summed E-state index contributed by atoms with van der Waals surface area (Å²) in [5.41, 5.74) is 3.08. The fraction of sp³-hybridized carbons (Fsp3) is 0.513. The van der Waals surface area contributed by atoms with Crippen molar-refractivity contribution in [2.45, 2.75) is 75.3 Å². The maximum absolute atomic E-state index is 12.9. The summed E-state index contributed by atoms with van der Waals surface area (Å²) in [7, 11) is 0. The van der Waals surface area contributed by atoms with Crippen molar-refractivity contribution in [2.75, 3.05) is 63.0 Å². The molecule has 53 heavy (non-hydrogen) atoms. The largest absolute Gasteiger partial charge is 0.388 e. The van der Waals surface area contributed by atoms with E-state index in [1.807, 2.05) is 36.4 Å². The Morgan fingerprint density at radius 1 is 0.755 bits per heavy atom. The van der Waals surface area contributed by atoms with Gasteiger partial charge in [0.1, 0.15) is 12.2 Å². The van der Waals surface area contributed by atoms with E-state index in [1.165, 1.54) is 25.7 Å². The lowest BCUT2D eigenvalue weighted by atomic mass is 9.99. The molecule has 0 radical (unpaired) electrons. The molecule has 4 heterocycles. The van der Waals surface area contributed by atoms with Crippen molar-refractivity contribution in [1.29, 1.82) is 0 Å². The molecule has 2 amide bonds. The van der Waals surface area contributed by atoms with E-state index < -0.39 is 36.1 Å². The van der Waals surface area contributed by atoms with Crippen LogP contribution in [-0.2, 0) is 9.59 Å². The summed E-state index contributed by atoms with van der Waals surface area (Å²) in [6.45, 7) is 6.72. The van der Waals surface area contributed by atoms with Crippen LogP contribution in [-0.4, -0.2) is 122 Å². The molecule has 1 saturated carbocycles. The van der Waals surface area contributed by atoms with Crippen LogP contribution in [0.3, 0.4) is 0 Å². The first-order chi connectivity index (χ1) is 25.9. The summed E-state index contributed by atoms with van der Waals surface area (Å²) >= 11 is 0. The molecule has 2 aromatic carbocycles. The second-order valence-electron chi connectivity index (χ2n) is 14.5. The number of benzene rings is 2. The third kappa shape index (κ3) is 8.95. The number of aliphatic hydroxyl groups is 2. The van der Waals surface area contributed by atoms with E-state index in [1.54, 1.807) is 10.9 Å². The third-order valence-corrected chi connectivity index (χ3v) is 10.8. The molecule has 6 N–H and O–H groups in total. The normalized spacial score (nSPS) is 22.5. The molecule has 3 aliphatic rings. The highest BCUT2D eigenvalue weighted by Crippen LogP contribution is 2.36. The van der Waals surface area contributed by atoms with Crippen molar-refractivity contribution in [3.63, 3.8) is 0 Å². The van der Waals surface area contributed by atoms with Crippen molar-refractivity contribution in [3.8, 4) is 0 Å². The summed E-state index contributed by atoms with van der Waals surface area (Å²) in [6, 6.07) is 18.5. The molecule has 1 aliphatic carbocycles. The van der Waals surface area contributed by atoms with Crippen molar-refractivity contribution in [1.82, 2.24) is 40.0 Å². The minimum absolute atomic E-state index is 0.168. The summed E-state index contributed by atoms with van der Waals surface area (Å²) in [5, 5.41) is 34.9. The molecule has 14 heteroatoms. The number of anilines is 2. The topological polar surface area (TPSA) is 173 Å². The van der Waals surface area contributed by atoms with Crippen LogP contribution >= 0.6 is 0 Å². The van der Waals surface area contributed by atoms with Gasteiger partial charge in [0.05, 0.1) is 24.5 Å². The number of aromatic nitrogens is 4. The minimum Gasteiger partial charge on any atom is -0.388 e. The highest BCUT2D eigenvalue weighted by molar-refractivity contribution is 6.35. The molecule has 0 bridgehead atoms. The maximum Gasteiger partial charge on any atom is 0.309 e. The van der Waals surface area contributed by atoms with Gasteiger partial charge in [0.15, 0.2) is 17.0 Å². The van der Waals surface area contributed by atoms with Gasteiger partial charge in [-0.2, -0.15) is 9.97 Å². The molecule has 4 aromatic rings. The fourth-order valence-corrected chi connectivity index (χ4v) is 7.89. The average Bonchev–Trinajstić information content (AvgIpc) is 3.74. The van der Waals surface area contributed by atoms with E-state index in [-0.39, 0.29) is 12.5 Å². The molecule has 14 nitrogen and oxygen atoms in total. The van der Waals surface area contributed by atoms with Gasteiger partial charge >= 0.3 is 11.8 Å². The molecule has 3 fully saturated rings. The van der Waals surface area contributed by atoms with Crippen LogP contribution in [0.1, 0.15) is 68.2 Å². The van der Waals surface area contributed by atoms with Gasteiger partial charge in [-0.15, -0.1) is 0 Å². The zero-order valence-electron chi connectivity index (χ0n) is 30.2. The molecule has 2 aliphatic heterocycles. The number of piperidine rings is 2. The molecular weight excluding hydrogens is 672 g/mol. The van der Waals surface area contributed by atoms with Crippen LogP contribution in [0.2, 0.25) is 0 Å². The molecule has 4 atom stereocenters. The van der Waals surface area contributed by atoms with Crippen molar-refractivity contribution < 1.29 is 19.8 Å². The second-order valence-corrected chi connectivity index (χ2v) is 14.5. The predicted octanol–water partition coefficient (Wildman–Crippen LogP) is 2.68. The lowest BCUT2D eigenvalue weighted by molar-refractivity contribution is -0.140. The van der Waals surface area contributed by atoms with Crippen LogP contribution in [0.4, 0.5) is 11.8 Å². The van der Waals surface area contributed by atoms with E-state index in [2.05, 4.69) is 55.3 Å². The molecule has 0 unspecified atom stereocenters. The smallest absolute Gasteiger partial charge is 0.309 e. The summed E-state index contributed by atoms with van der Waals surface area (Å²) in [6.07, 6.45) is 6.41. The number of carbonyl (C=O) groups is 2. The Hall–Kier alpha value is -4.63. The number of rotatable bonds is 13. The molecule has 0 spiro atoms. The van der Waals surface area contributed by atoms with E-state index >= 15 is 0 Å². The minimum atomic E-state index is -1.30. The maximum atomic E-state index is 12.9. The third-order valence-electron chi connectivity index (χ3n) is 10.8. The SMILES string of the molecule is O=C(NCCN1CCCCC1)C(=O)N[C@H]1C[C@@H](n2cnc3c(NC(c4ccccc4)c4ccccc4)nc(NCCN4CCCCC4)nc32)[C@H](O)[C@@H]1O. The summed E-state index contributed by atoms with van der Waals surface area (Å²) in [5.74, 6) is -0.656. The standard InChI is InChI=1S/C39H52N10O4/c50-33-29(43-38(53)37(52)40-17-23-47-19-9-3-10-20-47)25-30(34(33)51)49-26-42-32-35(44-31(27-13-5-1-6-14-27)28-15-7-2-8-16-28)45-39(46-36(32)49)41-18-24-48-21-11-4-12-22-48/h1-2,5-8,13-16,26,29-31,33-34,50-51H,3-4,9-12,17-25H2,(H,40,52)(H,43,53)(H2,41,44,45,46)/t29-,30+,33+,34-/m0/s1. The molecular formula is C39H52N10O4. The Balaban J connectivity index is 1.11. The Kier molecular flexibility index (Phi) is 12.1. The van der Waals surface area contributed by atoms with E-state index in [0.29, 0.717) is 42.6 Å². The Bertz CT molecular complexity index is 1760. The number of nitrogens with zero attached hydrogens (tertiary/aromatic N) is 6. The number of hydrogen-bond acceptors (Lipinski definition) is 11. The second kappa shape index (κ2) is 17.5.